The second-order valence-corrected chi connectivity index (χ2v) is 7.94. The van der Waals surface area contributed by atoms with Crippen LogP contribution in [0.1, 0.15) is 45.1 Å². The Morgan fingerprint density at radius 3 is 2.42 bits per heavy atom. The smallest absolute Gasteiger partial charge is 0.336 e. The van der Waals surface area contributed by atoms with E-state index in [9.17, 15) is 14.4 Å². The molecule has 2 aliphatic rings. The second-order valence-electron chi connectivity index (χ2n) is 7.94. The van der Waals surface area contributed by atoms with Gasteiger partial charge in [0, 0.05) is 22.9 Å². The number of allylic oxidation sites excluding steroid dienone is 3. The lowest BCUT2D eigenvalue weighted by atomic mass is 9.69. The molecule has 0 radical (unpaired) electrons. The summed E-state index contributed by atoms with van der Waals surface area (Å²) in [5.74, 6) is -2.44. The van der Waals surface area contributed by atoms with Crippen molar-refractivity contribution in [1.82, 2.24) is 5.32 Å². The lowest BCUT2D eigenvalue weighted by Gasteiger charge is -2.38. The molecule has 1 aromatic rings. The molecule has 31 heavy (non-hydrogen) atoms. The molecule has 0 saturated carbocycles. The lowest BCUT2D eigenvalue weighted by Crippen LogP contribution is -2.43. The zero-order valence-electron chi connectivity index (χ0n) is 18.6. The Morgan fingerprint density at radius 1 is 1.16 bits per heavy atom. The van der Waals surface area contributed by atoms with E-state index < -0.39 is 23.8 Å². The normalized spacial score (nSPS) is 23.1. The molecular weight excluding hydrogens is 398 g/mol. The standard InChI is InChI=1S/C24H29NO6/c1-6-11-31-24(28)19-14(3)25-17-12-13(2)18(23(27)30-5)22(26)21(17)20(19)15-7-9-16(29-4)10-8-15/h7-10,13,18,20,25H,6,11-12H2,1-5H3/t13-,18+,20-/m1/s1. The molecule has 0 unspecified atom stereocenters. The first-order valence-corrected chi connectivity index (χ1v) is 10.5. The molecule has 0 aromatic heterocycles. The molecule has 0 saturated heterocycles. The maximum Gasteiger partial charge on any atom is 0.336 e. The molecule has 0 bridgehead atoms. The summed E-state index contributed by atoms with van der Waals surface area (Å²) in [7, 11) is 2.86. The number of methoxy groups -OCH3 is 2. The Labute approximate surface area is 182 Å². The largest absolute Gasteiger partial charge is 0.497 e. The molecule has 166 valence electrons. The van der Waals surface area contributed by atoms with Gasteiger partial charge in [-0.1, -0.05) is 26.0 Å². The molecular formula is C24H29NO6. The SMILES string of the molecule is CCCOC(=O)C1=C(C)NC2=C(C(=O)[C@@H](C(=O)OC)[C@H](C)C2)[C@@H]1c1ccc(OC)cc1. The summed E-state index contributed by atoms with van der Waals surface area (Å²) < 4.78 is 15.6. The number of nitrogens with one attached hydrogen (secondary N) is 1. The van der Waals surface area contributed by atoms with E-state index in [2.05, 4.69) is 5.32 Å². The lowest BCUT2D eigenvalue weighted by molar-refractivity contribution is -0.151. The minimum Gasteiger partial charge on any atom is -0.497 e. The molecule has 0 spiro atoms. The van der Waals surface area contributed by atoms with Gasteiger partial charge in [-0.3, -0.25) is 9.59 Å². The topological polar surface area (TPSA) is 90.9 Å². The van der Waals surface area contributed by atoms with E-state index in [-0.39, 0.29) is 18.3 Å². The van der Waals surface area contributed by atoms with E-state index in [1.807, 2.05) is 32.9 Å². The van der Waals surface area contributed by atoms with Gasteiger partial charge in [0.2, 0.25) is 0 Å². The van der Waals surface area contributed by atoms with Gasteiger partial charge >= 0.3 is 11.9 Å². The van der Waals surface area contributed by atoms with Crippen molar-refractivity contribution < 1.29 is 28.6 Å². The van der Waals surface area contributed by atoms with Gasteiger partial charge in [0.15, 0.2) is 5.78 Å². The average molecular weight is 427 g/mol. The Kier molecular flexibility index (Phi) is 6.83. The quantitative estimate of drug-likeness (QED) is 0.550. The average Bonchev–Trinajstić information content (AvgIpc) is 2.76. The molecule has 1 aliphatic heterocycles. The predicted octanol–water partition coefficient (Wildman–Crippen LogP) is 3.26. The van der Waals surface area contributed by atoms with Gasteiger partial charge in [-0.2, -0.15) is 0 Å². The monoisotopic (exact) mass is 427 g/mol. The van der Waals surface area contributed by atoms with Gasteiger partial charge in [-0.25, -0.2) is 4.79 Å². The van der Waals surface area contributed by atoms with E-state index in [4.69, 9.17) is 14.2 Å². The van der Waals surface area contributed by atoms with E-state index in [1.54, 1.807) is 19.2 Å². The molecule has 0 amide bonds. The number of ether oxygens (including phenoxy) is 3. The fraction of sp³-hybridized carbons (Fsp3) is 0.458. The van der Waals surface area contributed by atoms with Crippen LogP contribution >= 0.6 is 0 Å². The van der Waals surface area contributed by atoms with Gasteiger partial charge in [-0.15, -0.1) is 0 Å². The molecule has 1 aliphatic carbocycles. The summed E-state index contributed by atoms with van der Waals surface area (Å²) in [5, 5.41) is 3.25. The zero-order chi connectivity index (χ0) is 22.7. The van der Waals surface area contributed by atoms with Gasteiger partial charge in [-0.05, 0) is 43.4 Å². The van der Waals surface area contributed by atoms with Crippen molar-refractivity contribution in [1.29, 1.82) is 0 Å². The van der Waals surface area contributed by atoms with Crippen molar-refractivity contribution in [2.75, 3.05) is 20.8 Å². The summed E-state index contributed by atoms with van der Waals surface area (Å²) in [6, 6.07) is 7.24. The van der Waals surface area contributed by atoms with Crippen LogP contribution < -0.4 is 10.1 Å². The molecule has 1 aromatic carbocycles. The second kappa shape index (κ2) is 9.37. The predicted molar refractivity (Wildman–Crippen MR) is 114 cm³/mol. The Balaban J connectivity index is 2.14. The van der Waals surface area contributed by atoms with Crippen molar-refractivity contribution in [3.8, 4) is 5.75 Å². The molecule has 0 fully saturated rings. The molecule has 1 N–H and O–H groups in total. The third-order valence-corrected chi connectivity index (χ3v) is 5.85. The van der Waals surface area contributed by atoms with Crippen molar-refractivity contribution in [3.05, 3.63) is 52.4 Å². The van der Waals surface area contributed by atoms with Crippen LogP contribution in [0.25, 0.3) is 0 Å². The summed E-state index contributed by atoms with van der Waals surface area (Å²) in [6.07, 6.45) is 1.19. The first-order chi connectivity index (χ1) is 14.8. The first-order valence-electron chi connectivity index (χ1n) is 10.5. The van der Waals surface area contributed by atoms with Crippen LogP contribution in [0.5, 0.6) is 5.75 Å². The van der Waals surface area contributed by atoms with Crippen LogP contribution in [-0.2, 0) is 23.9 Å². The minimum atomic E-state index is -0.905. The van der Waals surface area contributed by atoms with Crippen molar-refractivity contribution >= 4 is 17.7 Å². The number of dihydropyridines is 1. The van der Waals surface area contributed by atoms with Gasteiger partial charge in [0.25, 0.3) is 0 Å². The summed E-state index contributed by atoms with van der Waals surface area (Å²) in [5.41, 5.74) is 2.95. The highest BCUT2D eigenvalue weighted by Gasteiger charge is 2.47. The zero-order valence-corrected chi connectivity index (χ0v) is 18.6. The number of benzene rings is 1. The van der Waals surface area contributed by atoms with Crippen molar-refractivity contribution in [2.24, 2.45) is 11.8 Å². The maximum absolute atomic E-state index is 13.6. The summed E-state index contributed by atoms with van der Waals surface area (Å²) in [4.78, 5) is 39.0. The number of hydrogen-bond donors (Lipinski definition) is 1. The van der Waals surface area contributed by atoms with Crippen LogP contribution in [0.2, 0.25) is 0 Å². The minimum absolute atomic E-state index is 0.218. The number of Topliss-reactive ketones (excluding diaryl/α,β-unsaturated/α-hetero) is 1. The number of ketones is 1. The molecule has 1 heterocycles. The fourth-order valence-corrected chi connectivity index (χ4v) is 4.35. The molecule has 3 rings (SSSR count). The Bertz CT molecular complexity index is 943. The van der Waals surface area contributed by atoms with Crippen molar-refractivity contribution in [3.63, 3.8) is 0 Å². The van der Waals surface area contributed by atoms with Crippen LogP contribution in [0.4, 0.5) is 0 Å². The van der Waals surface area contributed by atoms with Gasteiger partial charge in [0.05, 0.1) is 26.4 Å². The molecule has 7 heteroatoms. The third-order valence-electron chi connectivity index (χ3n) is 5.85. The van der Waals surface area contributed by atoms with E-state index >= 15 is 0 Å². The van der Waals surface area contributed by atoms with E-state index in [1.165, 1.54) is 7.11 Å². The third kappa shape index (κ3) is 4.22. The first kappa shape index (κ1) is 22.6. The maximum atomic E-state index is 13.6. The summed E-state index contributed by atoms with van der Waals surface area (Å²) in [6.45, 7) is 5.87. The number of carbonyl (C=O) groups excluding carboxylic acids is 3. The van der Waals surface area contributed by atoms with Crippen LogP contribution in [0.15, 0.2) is 46.8 Å². The molecule has 3 atom stereocenters. The van der Waals surface area contributed by atoms with Crippen molar-refractivity contribution in [2.45, 2.75) is 39.5 Å². The van der Waals surface area contributed by atoms with E-state index in [0.29, 0.717) is 35.4 Å². The molecule has 7 nitrogen and oxygen atoms in total. The number of esters is 2. The highest BCUT2D eigenvalue weighted by atomic mass is 16.5. The highest BCUT2D eigenvalue weighted by Crippen LogP contribution is 2.45. The van der Waals surface area contributed by atoms with Crippen LogP contribution in [-0.4, -0.2) is 38.5 Å². The number of rotatable bonds is 6. The van der Waals surface area contributed by atoms with Gasteiger partial charge in [0.1, 0.15) is 11.7 Å². The highest BCUT2D eigenvalue weighted by molar-refractivity contribution is 6.12. The summed E-state index contributed by atoms with van der Waals surface area (Å²) >= 11 is 0. The van der Waals surface area contributed by atoms with E-state index in [0.717, 1.165) is 11.3 Å². The van der Waals surface area contributed by atoms with Crippen LogP contribution in [0, 0.1) is 11.8 Å². The van der Waals surface area contributed by atoms with Crippen LogP contribution in [0.3, 0.4) is 0 Å². The number of hydrogen-bond acceptors (Lipinski definition) is 7. The fourth-order valence-electron chi connectivity index (χ4n) is 4.35. The Hall–Kier alpha value is -3.09. The number of carbonyl (C=O) groups is 3. The van der Waals surface area contributed by atoms with Gasteiger partial charge < -0.3 is 19.5 Å². The Morgan fingerprint density at radius 2 is 1.84 bits per heavy atom.